The summed E-state index contributed by atoms with van der Waals surface area (Å²) in [6.07, 6.45) is 3.35. The second-order valence-corrected chi connectivity index (χ2v) is 10.5. The van der Waals surface area contributed by atoms with E-state index in [1.165, 1.54) is 7.11 Å². The van der Waals surface area contributed by atoms with Crippen molar-refractivity contribution in [2.75, 3.05) is 45.2 Å². The molecule has 0 radical (unpaired) electrons. The van der Waals surface area contributed by atoms with Crippen LogP contribution in [0.25, 0.3) is 0 Å². The summed E-state index contributed by atoms with van der Waals surface area (Å²) in [6.45, 7) is 4.41. The predicted octanol–water partition coefficient (Wildman–Crippen LogP) is 2.57. The number of amides is 3. The number of aliphatic hydroxyl groups is 1. The van der Waals surface area contributed by atoms with Gasteiger partial charge in [0.05, 0.1) is 13.2 Å². The number of β-amino-alcohol motifs (C(OH)–C–C–N with tert-alkyl or cyclic N) is 1. The third kappa shape index (κ3) is 5.90. The van der Waals surface area contributed by atoms with Gasteiger partial charge in [0, 0.05) is 49.4 Å². The molecule has 35 heavy (non-hydrogen) atoms. The molecule has 192 valence electrons. The smallest absolute Gasteiger partial charge is 0.328 e. The van der Waals surface area contributed by atoms with E-state index in [1.807, 2.05) is 6.92 Å². The van der Waals surface area contributed by atoms with E-state index < -0.39 is 12.0 Å². The summed E-state index contributed by atoms with van der Waals surface area (Å²) in [4.78, 5) is 44.1. The maximum absolute atomic E-state index is 13.1. The van der Waals surface area contributed by atoms with Crippen molar-refractivity contribution in [3.8, 4) is 0 Å². The van der Waals surface area contributed by atoms with Crippen molar-refractivity contribution in [1.82, 2.24) is 14.7 Å². The van der Waals surface area contributed by atoms with Crippen molar-refractivity contribution < 1.29 is 24.2 Å². The van der Waals surface area contributed by atoms with E-state index in [2.05, 4.69) is 10.2 Å². The monoisotopic (exact) mass is 506 g/mol. The summed E-state index contributed by atoms with van der Waals surface area (Å²) in [5.74, 6) is -0.639. The maximum atomic E-state index is 13.1. The molecule has 2 heterocycles. The molecule has 3 atom stereocenters. The SMILES string of the molecule is COC(=O)C(CCN1CCC2(CC2)C(O)C1)N1CC(C)N(C(=O)Nc2cccc(Cl)c2)CCC1=O. The van der Waals surface area contributed by atoms with Crippen molar-refractivity contribution in [3.63, 3.8) is 0 Å². The average molecular weight is 507 g/mol. The number of hydrogen-bond acceptors (Lipinski definition) is 6. The van der Waals surface area contributed by atoms with Crippen LogP contribution in [0.5, 0.6) is 0 Å². The van der Waals surface area contributed by atoms with Crippen LogP contribution in [0.1, 0.15) is 39.0 Å². The topological polar surface area (TPSA) is 102 Å². The first-order valence-electron chi connectivity index (χ1n) is 12.3. The van der Waals surface area contributed by atoms with E-state index in [0.29, 0.717) is 30.2 Å². The van der Waals surface area contributed by atoms with Crippen LogP contribution in [0, 0.1) is 5.41 Å². The zero-order valence-corrected chi connectivity index (χ0v) is 21.2. The Morgan fingerprint density at radius 1 is 1.26 bits per heavy atom. The number of benzene rings is 1. The fraction of sp³-hybridized carbons (Fsp3) is 0.640. The van der Waals surface area contributed by atoms with E-state index in [0.717, 1.165) is 25.8 Å². The van der Waals surface area contributed by atoms with Gasteiger partial charge in [0.25, 0.3) is 0 Å². The molecule has 9 nitrogen and oxygen atoms in total. The molecular formula is C25H35ClN4O5. The standard InChI is InChI=1S/C25H35ClN4O5/c1-17-15-30(22(32)7-12-29(17)24(34)27-19-5-3-4-18(26)14-19)20(23(33)35-2)6-11-28-13-10-25(8-9-25)21(31)16-28/h3-5,14,17,20-21,31H,6-13,15-16H2,1-2H3,(H,27,34). The average Bonchev–Trinajstić information content (AvgIpc) is 3.62. The number of aliphatic hydroxyl groups excluding tert-OH is 1. The lowest BCUT2D eigenvalue weighted by Gasteiger charge is -2.38. The minimum absolute atomic E-state index is 0.115. The summed E-state index contributed by atoms with van der Waals surface area (Å²) in [6, 6.07) is 5.53. The predicted molar refractivity (Wildman–Crippen MR) is 132 cm³/mol. The number of nitrogens with one attached hydrogen (secondary N) is 1. The molecule has 2 saturated heterocycles. The quantitative estimate of drug-likeness (QED) is 0.575. The highest BCUT2D eigenvalue weighted by molar-refractivity contribution is 6.30. The Hall–Kier alpha value is -2.36. The lowest BCUT2D eigenvalue weighted by atomic mass is 9.90. The van der Waals surface area contributed by atoms with Crippen LogP contribution in [0.15, 0.2) is 24.3 Å². The third-order valence-corrected chi connectivity index (χ3v) is 7.98. The van der Waals surface area contributed by atoms with E-state index in [4.69, 9.17) is 16.3 Å². The number of carbonyl (C=O) groups is 3. The highest BCUT2D eigenvalue weighted by Gasteiger charge is 2.51. The van der Waals surface area contributed by atoms with Gasteiger partial charge < -0.3 is 29.9 Å². The number of nitrogens with zero attached hydrogens (tertiary/aromatic N) is 3. The van der Waals surface area contributed by atoms with Crippen LogP contribution in [-0.2, 0) is 14.3 Å². The van der Waals surface area contributed by atoms with Gasteiger partial charge in [0.1, 0.15) is 6.04 Å². The summed E-state index contributed by atoms with van der Waals surface area (Å²) < 4.78 is 5.05. The van der Waals surface area contributed by atoms with Crippen LogP contribution in [0.4, 0.5) is 10.5 Å². The molecule has 2 aliphatic heterocycles. The Labute approximate surface area is 211 Å². The fourth-order valence-electron chi connectivity index (χ4n) is 5.29. The van der Waals surface area contributed by atoms with Gasteiger partial charge in [-0.25, -0.2) is 9.59 Å². The van der Waals surface area contributed by atoms with Crippen molar-refractivity contribution in [2.45, 2.75) is 57.2 Å². The van der Waals surface area contributed by atoms with E-state index in [1.54, 1.807) is 34.1 Å². The maximum Gasteiger partial charge on any atom is 0.328 e. The van der Waals surface area contributed by atoms with Crippen LogP contribution >= 0.6 is 11.6 Å². The molecule has 3 fully saturated rings. The van der Waals surface area contributed by atoms with Gasteiger partial charge in [-0.1, -0.05) is 17.7 Å². The summed E-state index contributed by atoms with van der Waals surface area (Å²) in [5, 5.41) is 13.9. The number of carbonyl (C=O) groups excluding carboxylic acids is 3. The lowest BCUT2D eigenvalue weighted by Crippen LogP contribution is -2.52. The Bertz CT molecular complexity index is 956. The Morgan fingerprint density at radius 3 is 2.69 bits per heavy atom. The molecule has 1 aromatic rings. The van der Waals surface area contributed by atoms with Gasteiger partial charge in [-0.3, -0.25) is 4.79 Å². The molecule has 1 aromatic carbocycles. The highest BCUT2D eigenvalue weighted by atomic mass is 35.5. The van der Waals surface area contributed by atoms with E-state index in [-0.39, 0.29) is 49.0 Å². The number of anilines is 1. The summed E-state index contributed by atoms with van der Waals surface area (Å²) in [7, 11) is 1.33. The van der Waals surface area contributed by atoms with Gasteiger partial charge >= 0.3 is 12.0 Å². The van der Waals surface area contributed by atoms with Crippen molar-refractivity contribution >= 4 is 35.2 Å². The number of piperidine rings is 1. The molecule has 3 amide bonds. The molecule has 1 spiro atoms. The van der Waals surface area contributed by atoms with Gasteiger partial charge in [-0.15, -0.1) is 0 Å². The van der Waals surface area contributed by atoms with Crippen molar-refractivity contribution in [3.05, 3.63) is 29.3 Å². The molecule has 10 heteroatoms. The number of hydrogen-bond donors (Lipinski definition) is 2. The van der Waals surface area contributed by atoms with Crippen LogP contribution in [0.2, 0.25) is 5.02 Å². The zero-order chi connectivity index (χ0) is 25.2. The summed E-state index contributed by atoms with van der Waals surface area (Å²) >= 11 is 6.02. The largest absolute Gasteiger partial charge is 0.467 e. The number of likely N-dealkylation sites (tertiary alicyclic amines) is 1. The van der Waals surface area contributed by atoms with E-state index >= 15 is 0 Å². The minimum Gasteiger partial charge on any atom is -0.467 e. The number of halogens is 1. The number of urea groups is 1. The van der Waals surface area contributed by atoms with Gasteiger partial charge in [-0.05, 0) is 62.8 Å². The number of methoxy groups -OCH3 is 1. The zero-order valence-electron chi connectivity index (χ0n) is 20.4. The number of rotatable bonds is 6. The molecule has 2 N–H and O–H groups in total. The van der Waals surface area contributed by atoms with Crippen molar-refractivity contribution in [2.24, 2.45) is 5.41 Å². The molecule has 1 aliphatic carbocycles. The molecule has 0 bridgehead atoms. The Morgan fingerprint density at radius 2 is 2.03 bits per heavy atom. The molecule has 0 aromatic heterocycles. The Balaban J connectivity index is 1.39. The van der Waals surface area contributed by atoms with Gasteiger partial charge in [0.15, 0.2) is 0 Å². The first-order chi connectivity index (χ1) is 16.7. The summed E-state index contributed by atoms with van der Waals surface area (Å²) in [5.41, 5.74) is 0.690. The number of ether oxygens (including phenoxy) is 1. The van der Waals surface area contributed by atoms with Crippen LogP contribution < -0.4 is 5.32 Å². The molecule has 3 unspecified atom stereocenters. The third-order valence-electron chi connectivity index (χ3n) is 7.74. The van der Waals surface area contributed by atoms with Gasteiger partial charge in [0.2, 0.25) is 5.91 Å². The fourth-order valence-corrected chi connectivity index (χ4v) is 5.49. The van der Waals surface area contributed by atoms with Crippen molar-refractivity contribution in [1.29, 1.82) is 0 Å². The van der Waals surface area contributed by atoms with Crippen LogP contribution in [-0.4, -0.2) is 95.7 Å². The van der Waals surface area contributed by atoms with Crippen LogP contribution in [0.3, 0.4) is 0 Å². The minimum atomic E-state index is -0.736. The highest BCUT2D eigenvalue weighted by Crippen LogP contribution is 2.53. The van der Waals surface area contributed by atoms with Gasteiger partial charge in [-0.2, -0.15) is 0 Å². The first kappa shape index (κ1) is 25.7. The normalized spacial score (nSPS) is 25.2. The lowest BCUT2D eigenvalue weighted by molar-refractivity contribution is -0.153. The second kappa shape index (κ2) is 10.7. The Kier molecular flexibility index (Phi) is 7.88. The second-order valence-electron chi connectivity index (χ2n) is 10.0. The molecule has 3 aliphatic rings. The molecule has 1 saturated carbocycles. The first-order valence-corrected chi connectivity index (χ1v) is 12.7. The molecule has 4 rings (SSSR count). The van der Waals surface area contributed by atoms with E-state index in [9.17, 15) is 19.5 Å². The molecular weight excluding hydrogens is 472 g/mol. The number of esters is 1.